The molecule has 1 N–H and O–H groups in total. The summed E-state index contributed by atoms with van der Waals surface area (Å²) >= 11 is 0. The Bertz CT molecular complexity index is 1260. The van der Waals surface area contributed by atoms with Crippen LogP contribution in [-0.2, 0) is 10.0 Å². The molecule has 0 saturated heterocycles. The highest BCUT2D eigenvalue weighted by molar-refractivity contribution is 7.89. The number of nitrogens with zero attached hydrogens (tertiary/aromatic N) is 1. The lowest BCUT2D eigenvalue weighted by Crippen LogP contribution is -2.39. The molecule has 1 aliphatic rings. The molecule has 0 bridgehead atoms. The molecular formula is C24H23FN2O4S. The van der Waals surface area contributed by atoms with Crippen LogP contribution in [0.3, 0.4) is 0 Å². The van der Waals surface area contributed by atoms with Crippen molar-refractivity contribution in [3.63, 3.8) is 0 Å². The predicted molar refractivity (Wildman–Crippen MR) is 120 cm³/mol. The number of halogens is 1. The van der Waals surface area contributed by atoms with Crippen molar-refractivity contribution in [2.24, 2.45) is 0 Å². The van der Waals surface area contributed by atoms with Crippen LogP contribution in [0.25, 0.3) is 5.70 Å². The van der Waals surface area contributed by atoms with Crippen LogP contribution >= 0.6 is 0 Å². The molecule has 3 aromatic rings. The SMILES string of the molecule is COc1ccc(C2=C[C@H](c3ccc(F)cc3)N(S(=O)(=O)c3ccc(C)cc3)N2)cc1OC. The van der Waals surface area contributed by atoms with E-state index < -0.39 is 21.9 Å². The minimum Gasteiger partial charge on any atom is -0.493 e. The van der Waals surface area contributed by atoms with Crippen molar-refractivity contribution < 1.29 is 22.3 Å². The van der Waals surface area contributed by atoms with E-state index in [4.69, 9.17) is 9.47 Å². The molecule has 0 aromatic heterocycles. The first-order valence-corrected chi connectivity index (χ1v) is 11.3. The van der Waals surface area contributed by atoms with E-state index in [2.05, 4.69) is 5.43 Å². The second kappa shape index (κ2) is 8.64. The Morgan fingerprint density at radius 2 is 1.56 bits per heavy atom. The molecule has 0 saturated carbocycles. The summed E-state index contributed by atoms with van der Waals surface area (Å²) in [6.45, 7) is 1.89. The van der Waals surface area contributed by atoms with Gasteiger partial charge in [-0.2, -0.15) is 0 Å². The Hall–Kier alpha value is -3.36. The molecule has 8 heteroatoms. The van der Waals surface area contributed by atoms with Gasteiger partial charge in [0.15, 0.2) is 11.5 Å². The van der Waals surface area contributed by atoms with Gasteiger partial charge >= 0.3 is 0 Å². The molecule has 0 spiro atoms. The zero-order valence-electron chi connectivity index (χ0n) is 17.9. The highest BCUT2D eigenvalue weighted by Gasteiger charge is 2.37. The maximum atomic E-state index is 13.5. The number of ether oxygens (including phenoxy) is 2. The number of benzene rings is 3. The molecule has 1 aliphatic heterocycles. The Kier molecular flexibility index (Phi) is 5.90. The molecule has 3 aromatic carbocycles. The standard InChI is InChI=1S/C24H23FN2O4S/c1-16-4-11-20(12-5-16)32(28,29)27-22(17-6-9-19(25)10-7-17)15-21(26-27)18-8-13-23(30-2)24(14-18)31-3/h4-15,22,26H,1-3H3/t22-/m1/s1. The third kappa shape index (κ3) is 4.06. The monoisotopic (exact) mass is 454 g/mol. The third-order valence-electron chi connectivity index (χ3n) is 5.29. The van der Waals surface area contributed by atoms with Gasteiger partial charge in [-0.3, -0.25) is 0 Å². The first kappa shape index (κ1) is 21.9. The van der Waals surface area contributed by atoms with Crippen LogP contribution in [0, 0.1) is 12.7 Å². The number of hydrogen-bond acceptors (Lipinski definition) is 5. The Morgan fingerprint density at radius 3 is 2.19 bits per heavy atom. The fraction of sp³-hybridized carbons (Fsp3) is 0.167. The van der Waals surface area contributed by atoms with Crippen LogP contribution in [0.4, 0.5) is 4.39 Å². The molecule has 0 aliphatic carbocycles. The molecule has 1 heterocycles. The Labute approximate surface area is 186 Å². The minimum atomic E-state index is -3.91. The van der Waals surface area contributed by atoms with Gasteiger partial charge in [-0.25, -0.2) is 12.8 Å². The summed E-state index contributed by atoms with van der Waals surface area (Å²) in [6, 6.07) is 17.1. The molecule has 32 heavy (non-hydrogen) atoms. The molecule has 166 valence electrons. The average molecular weight is 455 g/mol. The normalized spacial score (nSPS) is 16.4. The van der Waals surface area contributed by atoms with E-state index in [1.54, 1.807) is 61.7 Å². The summed E-state index contributed by atoms with van der Waals surface area (Å²) < 4.78 is 52.4. The van der Waals surface area contributed by atoms with E-state index in [0.29, 0.717) is 22.8 Å². The first-order valence-electron chi connectivity index (χ1n) is 9.91. The fourth-order valence-corrected chi connectivity index (χ4v) is 4.95. The van der Waals surface area contributed by atoms with E-state index in [9.17, 15) is 12.8 Å². The average Bonchev–Trinajstić information content (AvgIpc) is 3.26. The molecule has 6 nitrogen and oxygen atoms in total. The highest BCUT2D eigenvalue weighted by Crippen LogP contribution is 2.37. The number of hydrazine groups is 1. The smallest absolute Gasteiger partial charge is 0.260 e. The lowest BCUT2D eigenvalue weighted by Gasteiger charge is -2.25. The van der Waals surface area contributed by atoms with Gasteiger partial charge in [-0.05, 0) is 61.0 Å². The van der Waals surface area contributed by atoms with E-state index in [-0.39, 0.29) is 4.90 Å². The summed E-state index contributed by atoms with van der Waals surface area (Å²) in [4.78, 5) is 0.157. The lowest BCUT2D eigenvalue weighted by molar-refractivity contribution is 0.347. The van der Waals surface area contributed by atoms with Crippen LogP contribution in [0.15, 0.2) is 77.7 Å². The van der Waals surface area contributed by atoms with E-state index >= 15 is 0 Å². The number of methoxy groups -OCH3 is 2. The number of nitrogens with one attached hydrogen (secondary N) is 1. The van der Waals surface area contributed by atoms with Crippen molar-refractivity contribution in [3.8, 4) is 11.5 Å². The lowest BCUT2D eigenvalue weighted by atomic mass is 10.1. The van der Waals surface area contributed by atoms with Crippen molar-refractivity contribution in [2.45, 2.75) is 17.9 Å². The van der Waals surface area contributed by atoms with Gasteiger partial charge in [-0.15, -0.1) is 4.41 Å². The van der Waals surface area contributed by atoms with Gasteiger partial charge in [0.1, 0.15) is 5.82 Å². The molecule has 4 rings (SSSR count). The number of hydrogen-bond donors (Lipinski definition) is 1. The van der Waals surface area contributed by atoms with Crippen molar-refractivity contribution in [3.05, 3.63) is 95.3 Å². The maximum absolute atomic E-state index is 13.5. The Balaban J connectivity index is 1.78. The molecule has 1 atom stereocenters. The first-order chi connectivity index (χ1) is 15.3. The molecule has 0 fully saturated rings. The summed E-state index contributed by atoms with van der Waals surface area (Å²) in [5.74, 6) is 0.691. The van der Waals surface area contributed by atoms with Gasteiger partial charge in [0.2, 0.25) is 0 Å². The largest absolute Gasteiger partial charge is 0.493 e. The highest BCUT2D eigenvalue weighted by atomic mass is 32.2. The van der Waals surface area contributed by atoms with Crippen LogP contribution < -0.4 is 14.9 Å². The van der Waals surface area contributed by atoms with Gasteiger partial charge in [0.05, 0.1) is 30.9 Å². The second-order valence-corrected chi connectivity index (χ2v) is 9.19. The van der Waals surface area contributed by atoms with Crippen molar-refractivity contribution in [2.75, 3.05) is 14.2 Å². The molecular weight excluding hydrogens is 431 g/mol. The quantitative estimate of drug-likeness (QED) is 0.596. The second-order valence-electron chi connectivity index (χ2n) is 7.37. The number of rotatable bonds is 6. The molecule has 0 amide bonds. The van der Waals surface area contributed by atoms with E-state index in [1.807, 2.05) is 13.0 Å². The zero-order chi connectivity index (χ0) is 22.9. The Morgan fingerprint density at radius 1 is 0.906 bits per heavy atom. The van der Waals surface area contributed by atoms with Crippen molar-refractivity contribution >= 4 is 15.7 Å². The third-order valence-corrected chi connectivity index (χ3v) is 7.00. The van der Waals surface area contributed by atoms with Gasteiger partial charge in [0, 0.05) is 5.56 Å². The summed E-state index contributed by atoms with van der Waals surface area (Å²) in [6.07, 6.45) is 1.79. The van der Waals surface area contributed by atoms with Crippen LogP contribution in [-0.4, -0.2) is 27.1 Å². The molecule has 0 unspecified atom stereocenters. The molecule has 0 radical (unpaired) electrons. The van der Waals surface area contributed by atoms with Crippen molar-refractivity contribution in [1.29, 1.82) is 0 Å². The minimum absolute atomic E-state index is 0.157. The number of sulfonamides is 1. The summed E-state index contributed by atoms with van der Waals surface area (Å²) in [5.41, 5.74) is 5.91. The van der Waals surface area contributed by atoms with Crippen LogP contribution in [0.2, 0.25) is 0 Å². The van der Waals surface area contributed by atoms with Crippen molar-refractivity contribution in [1.82, 2.24) is 9.84 Å². The topological polar surface area (TPSA) is 67.9 Å². The zero-order valence-corrected chi connectivity index (χ0v) is 18.7. The van der Waals surface area contributed by atoms with Crippen LogP contribution in [0.5, 0.6) is 11.5 Å². The van der Waals surface area contributed by atoms with Gasteiger partial charge < -0.3 is 14.9 Å². The van der Waals surface area contributed by atoms with E-state index in [1.165, 1.54) is 23.7 Å². The predicted octanol–water partition coefficient (Wildman–Crippen LogP) is 4.44. The summed E-state index contributed by atoms with van der Waals surface area (Å²) in [5, 5.41) is 0. The fourth-order valence-electron chi connectivity index (χ4n) is 3.54. The van der Waals surface area contributed by atoms with Crippen LogP contribution in [0.1, 0.15) is 22.7 Å². The number of aryl methyl sites for hydroxylation is 1. The maximum Gasteiger partial charge on any atom is 0.260 e. The summed E-state index contributed by atoms with van der Waals surface area (Å²) in [7, 11) is -0.830. The van der Waals surface area contributed by atoms with Gasteiger partial charge in [0.25, 0.3) is 10.0 Å². The van der Waals surface area contributed by atoms with Gasteiger partial charge in [-0.1, -0.05) is 29.8 Å². The van der Waals surface area contributed by atoms with E-state index in [0.717, 1.165) is 11.1 Å².